The number of hydrazone groups is 1. The van der Waals surface area contributed by atoms with Crippen LogP contribution in [0.15, 0.2) is 47.6 Å². The van der Waals surface area contributed by atoms with E-state index in [4.69, 9.17) is 0 Å². The van der Waals surface area contributed by atoms with Crippen LogP contribution >= 0.6 is 0 Å². The van der Waals surface area contributed by atoms with Crippen molar-refractivity contribution >= 4 is 23.5 Å². The molecule has 146 valence electrons. The first-order valence-corrected chi connectivity index (χ1v) is 9.15. The Morgan fingerprint density at radius 3 is 2.79 bits per heavy atom. The van der Waals surface area contributed by atoms with E-state index in [2.05, 4.69) is 55.4 Å². The standard InChI is InChI=1S/C21H24N4O3/c1-14-12-21(2,3)24(4)19-9-8-15(10-18(14)19)13-22-23-20(26)16-6-5-7-17(11-16)25(27)28/h5-11,13-14H,12H2,1-4H3,(H,23,26)/b22-13+. The maximum absolute atomic E-state index is 12.2. The summed E-state index contributed by atoms with van der Waals surface area (Å²) in [5, 5.41) is 14.8. The van der Waals surface area contributed by atoms with Gasteiger partial charge in [-0.25, -0.2) is 5.43 Å². The number of nitro groups is 1. The van der Waals surface area contributed by atoms with Crippen LogP contribution in [0.3, 0.4) is 0 Å². The average molecular weight is 380 g/mol. The van der Waals surface area contributed by atoms with Gasteiger partial charge in [-0.2, -0.15) is 5.10 Å². The molecule has 0 bridgehead atoms. The van der Waals surface area contributed by atoms with E-state index < -0.39 is 10.8 Å². The molecule has 2 aromatic carbocycles. The van der Waals surface area contributed by atoms with Crippen LogP contribution in [0.4, 0.5) is 11.4 Å². The van der Waals surface area contributed by atoms with Gasteiger partial charge in [-0.3, -0.25) is 14.9 Å². The molecule has 0 saturated carbocycles. The number of anilines is 1. The van der Waals surface area contributed by atoms with Crippen LogP contribution in [0, 0.1) is 10.1 Å². The first kappa shape index (κ1) is 19.5. The lowest BCUT2D eigenvalue weighted by atomic mass is 9.80. The van der Waals surface area contributed by atoms with Gasteiger partial charge in [0.1, 0.15) is 0 Å². The van der Waals surface area contributed by atoms with Crippen LogP contribution in [-0.4, -0.2) is 29.6 Å². The maximum atomic E-state index is 12.2. The summed E-state index contributed by atoms with van der Waals surface area (Å²) >= 11 is 0. The lowest BCUT2D eigenvalue weighted by Gasteiger charge is -2.45. The topological polar surface area (TPSA) is 87.8 Å². The first-order chi connectivity index (χ1) is 13.2. The van der Waals surface area contributed by atoms with Crippen LogP contribution < -0.4 is 10.3 Å². The van der Waals surface area contributed by atoms with E-state index in [9.17, 15) is 14.9 Å². The number of hydrogen-bond donors (Lipinski definition) is 1. The number of benzene rings is 2. The molecule has 1 aliphatic rings. The van der Waals surface area contributed by atoms with Crippen molar-refractivity contribution in [3.05, 3.63) is 69.3 Å². The molecule has 7 heteroatoms. The fourth-order valence-corrected chi connectivity index (χ4v) is 3.67. The van der Waals surface area contributed by atoms with Crippen LogP contribution in [-0.2, 0) is 0 Å². The van der Waals surface area contributed by atoms with Crippen LogP contribution in [0.5, 0.6) is 0 Å². The van der Waals surface area contributed by atoms with Crippen molar-refractivity contribution in [2.75, 3.05) is 11.9 Å². The lowest BCUT2D eigenvalue weighted by Crippen LogP contribution is -2.45. The molecule has 1 amide bonds. The number of hydrogen-bond acceptors (Lipinski definition) is 5. The molecule has 1 heterocycles. The van der Waals surface area contributed by atoms with Crippen molar-refractivity contribution in [1.29, 1.82) is 0 Å². The van der Waals surface area contributed by atoms with E-state index in [1.807, 2.05) is 6.07 Å². The number of nitrogens with one attached hydrogen (secondary N) is 1. The molecule has 0 saturated heterocycles. The fraction of sp³-hybridized carbons (Fsp3) is 0.333. The molecule has 28 heavy (non-hydrogen) atoms. The Morgan fingerprint density at radius 1 is 1.32 bits per heavy atom. The van der Waals surface area contributed by atoms with Gasteiger partial charge in [0.25, 0.3) is 11.6 Å². The van der Waals surface area contributed by atoms with E-state index in [0.717, 1.165) is 12.0 Å². The summed E-state index contributed by atoms with van der Waals surface area (Å²) in [6.07, 6.45) is 2.64. The second-order valence-electron chi connectivity index (χ2n) is 7.80. The highest BCUT2D eigenvalue weighted by atomic mass is 16.6. The minimum atomic E-state index is -0.535. The molecule has 7 nitrogen and oxygen atoms in total. The van der Waals surface area contributed by atoms with Gasteiger partial charge in [0, 0.05) is 36.0 Å². The number of amides is 1. The van der Waals surface area contributed by atoms with Crippen LogP contribution in [0.2, 0.25) is 0 Å². The monoisotopic (exact) mass is 380 g/mol. The Labute approximate surface area is 164 Å². The van der Waals surface area contributed by atoms with Crippen molar-refractivity contribution in [2.45, 2.75) is 38.6 Å². The molecule has 0 aliphatic carbocycles. The third kappa shape index (κ3) is 3.88. The molecule has 1 aliphatic heterocycles. The molecule has 2 aromatic rings. The van der Waals surface area contributed by atoms with Crippen molar-refractivity contribution < 1.29 is 9.72 Å². The number of non-ortho nitro benzene ring substituents is 1. The Morgan fingerprint density at radius 2 is 2.07 bits per heavy atom. The SMILES string of the molecule is CC1CC(C)(C)N(C)c2ccc(/C=N/NC(=O)c3cccc([N+](=O)[O-])c3)cc21. The van der Waals surface area contributed by atoms with Crippen LogP contribution in [0.1, 0.15) is 54.6 Å². The highest BCUT2D eigenvalue weighted by Gasteiger charge is 2.33. The zero-order valence-corrected chi connectivity index (χ0v) is 16.5. The van der Waals surface area contributed by atoms with E-state index in [0.29, 0.717) is 5.92 Å². The maximum Gasteiger partial charge on any atom is 0.271 e. The number of fused-ring (bicyclic) bond motifs is 1. The number of nitrogens with zero attached hydrogens (tertiary/aromatic N) is 3. The highest BCUT2D eigenvalue weighted by molar-refractivity contribution is 5.95. The second kappa shape index (κ2) is 7.42. The first-order valence-electron chi connectivity index (χ1n) is 9.15. The van der Waals surface area contributed by atoms with Gasteiger partial charge < -0.3 is 4.90 Å². The predicted octanol–water partition coefficient (Wildman–Crippen LogP) is 4.08. The van der Waals surface area contributed by atoms with Crippen molar-refractivity contribution in [1.82, 2.24) is 5.43 Å². The summed E-state index contributed by atoms with van der Waals surface area (Å²) in [5.74, 6) is -0.0678. The van der Waals surface area contributed by atoms with E-state index in [1.54, 1.807) is 6.21 Å². The third-order valence-electron chi connectivity index (χ3n) is 5.36. The summed E-state index contributed by atoms with van der Waals surface area (Å²) < 4.78 is 0. The number of nitro benzene ring substituents is 1. The lowest BCUT2D eigenvalue weighted by molar-refractivity contribution is -0.384. The summed E-state index contributed by atoms with van der Waals surface area (Å²) in [6, 6.07) is 11.7. The number of rotatable bonds is 4. The van der Waals surface area contributed by atoms with Gasteiger partial charge in [0.15, 0.2) is 0 Å². The van der Waals surface area contributed by atoms with E-state index >= 15 is 0 Å². The summed E-state index contributed by atoms with van der Waals surface area (Å²) in [4.78, 5) is 24.7. The molecule has 1 N–H and O–H groups in total. The van der Waals surface area contributed by atoms with Gasteiger partial charge in [-0.05, 0) is 55.5 Å². The molecule has 3 rings (SSSR count). The largest absolute Gasteiger partial charge is 0.369 e. The zero-order chi connectivity index (χ0) is 20.5. The predicted molar refractivity (Wildman–Crippen MR) is 110 cm³/mol. The fourth-order valence-electron chi connectivity index (χ4n) is 3.67. The Bertz CT molecular complexity index is 952. The molecule has 1 atom stereocenters. The molecular weight excluding hydrogens is 356 g/mol. The van der Waals surface area contributed by atoms with Gasteiger partial charge in [-0.15, -0.1) is 0 Å². The van der Waals surface area contributed by atoms with Gasteiger partial charge in [0.2, 0.25) is 0 Å². The Kier molecular flexibility index (Phi) is 5.18. The molecule has 0 spiro atoms. The summed E-state index contributed by atoms with van der Waals surface area (Å²) in [5.41, 5.74) is 5.94. The molecule has 0 aromatic heterocycles. The van der Waals surface area contributed by atoms with Crippen molar-refractivity contribution in [3.63, 3.8) is 0 Å². The van der Waals surface area contributed by atoms with Gasteiger partial charge in [0.05, 0.1) is 11.1 Å². The molecule has 0 radical (unpaired) electrons. The molecule has 0 fully saturated rings. The zero-order valence-electron chi connectivity index (χ0n) is 16.5. The quantitative estimate of drug-likeness (QED) is 0.492. The Hall–Kier alpha value is -3.22. The minimum absolute atomic E-state index is 0.105. The van der Waals surface area contributed by atoms with E-state index in [-0.39, 0.29) is 16.8 Å². The second-order valence-corrected chi connectivity index (χ2v) is 7.80. The third-order valence-corrected chi connectivity index (χ3v) is 5.36. The molecular formula is C21H24N4O3. The number of carbonyl (C=O) groups is 1. The van der Waals surface area contributed by atoms with Crippen molar-refractivity contribution in [2.24, 2.45) is 5.10 Å². The number of carbonyl (C=O) groups excluding carboxylic acids is 1. The van der Waals surface area contributed by atoms with Gasteiger partial charge >= 0.3 is 0 Å². The smallest absolute Gasteiger partial charge is 0.271 e. The van der Waals surface area contributed by atoms with Crippen LogP contribution in [0.25, 0.3) is 0 Å². The van der Waals surface area contributed by atoms with Gasteiger partial charge in [-0.1, -0.05) is 19.1 Å². The summed E-state index contributed by atoms with van der Waals surface area (Å²) in [6.45, 7) is 6.70. The van der Waals surface area contributed by atoms with E-state index in [1.165, 1.54) is 35.5 Å². The van der Waals surface area contributed by atoms with Crippen molar-refractivity contribution in [3.8, 4) is 0 Å². The average Bonchev–Trinajstić information content (AvgIpc) is 2.66. The summed E-state index contributed by atoms with van der Waals surface area (Å²) in [7, 11) is 2.11. The highest BCUT2D eigenvalue weighted by Crippen LogP contribution is 2.42. The normalized spacial score (nSPS) is 18.0. The minimum Gasteiger partial charge on any atom is -0.369 e. The Balaban J connectivity index is 1.74. The molecule has 1 unspecified atom stereocenters.